The van der Waals surface area contributed by atoms with E-state index in [1.807, 2.05) is 0 Å². The lowest BCUT2D eigenvalue weighted by atomic mass is 10.2. The number of hydrogen-bond acceptors (Lipinski definition) is 4. The lowest BCUT2D eigenvalue weighted by Gasteiger charge is -2.27. The van der Waals surface area contributed by atoms with Crippen molar-refractivity contribution >= 4 is 11.8 Å². The monoisotopic (exact) mass is 282 g/mol. The van der Waals surface area contributed by atoms with Crippen LogP contribution in [0.3, 0.4) is 0 Å². The molecule has 2 aliphatic rings. The average Bonchev–Trinajstić information content (AvgIpc) is 2.65. The van der Waals surface area contributed by atoms with Gasteiger partial charge in [0, 0.05) is 52.2 Å². The first-order chi connectivity index (χ1) is 9.75. The summed E-state index contributed by atoms with van der Waals surface area (Å²) >= 11 is 0. The highest BCUT2D eigenvalue weighted by Gasteiger charge is 2.19. The van der Waals surface area contributed by atoms with Crippen molar-refractivity contribution in [3.8, 4) is 0 Å². The summed E-state index contributed by atoms with van der Waals surface area (Å²) in [6.07, 6.45) is 3.65. The molecule has 0 unspecified atom stereocenters. The number of amides is 2. The van der Waals surface area contributed by atoms with Crippen LogP contribution in [0, 0.1) is 0 Å². The molecular weight excluding hydrogens is 256 g/mol. The second-order valence-electron chi connectivity index (χ2n) is 5.57. The molecule has 2 saturated heterocycles. The quantitative estimate of drug-likeness (QED) is 0.707. The van der Waals surface area contributed by atoms with Crippen molar-refractivity contribution in [1.82, 2.24) is 20.4 Å². The van der Waals surface area contributed by atoms with Gasteiger partial charge in [0.1, 0.15) is 0 Å². The van der Waals surface area contributed by atoms with E-state index in [1.165, 1.54) is 0 Å². The number of piperazine rings is 1. The number of nitrogens with one attached hydrogen (secondary N) is 2. The molecular formula is C14H26N4O2. The molecule has 0 aromatic carbocycles. The van der Waals surface area contributed by atoms with Gasteiger partial charge in [0.25, 0.3) is 0 Å². The van der Waals surface area contributed by atoms with E-state index in [0.717, 1.165) is 58.5 Å². The zero-order valence-corrected chi connectivity index (χ0v) is 12.2. The second-order valence-corrected chi connectivity index (χ2v) is 5.57. The molecule has 2 rings (SSSR count). The van der Waals surface area contributed by atoms with Gasteiger partial charge in [0.2, 0.25) is 11.8 Å². The number of rotatable bonds is 5. The van der Waals surface area contributed by atoms with Gasteiger partial charge in [-0.15, -0.1) is 0 Å². The third kappa shape index (κ3) is 5.09. The zero-order chi connectivity index (χ0) is 14.2. The highest BCUT2D eigenvalue weighted by atomic mass is 16.2. The van der Waals surface area contributed by atoms with E-state index in [2.05, 4.69) is 15.5 Å². The van der Waals surface area contributed by atoms with Crippen LogP contribution in [0.1, 0.15) is 25.7 Å². The Bertz CT molecular complexity index is 329. The number of nitrogens with zero attached hydrogens (tertiary/aromatic N) is 2. The minimum atomic E-state index is -0.0321. The van der Waals surface area contributed by atoms with Gasteiger partial charge in [-0.1, -0.05) is 6.42 Å². The maximum absolute atomic E-state index is 11.9. The van der Waals surface area contributed by atoms with Crippen LogP contribution in [-0.2, 0) is 9.59 Å². The summed E-state index contributed by atoms with van der Waals surface area (Å²) in [5, 5.41) is 6.23. The van der Waals surface area contributed by atoms with Crippen molar-refractivity contribution in [2.75, 3.05) is 52.4 Å². The summed E-state index contributed by atoms with van der Waals surface area (Å²) < 4.78 is 0. The Labute approximate surface area is 120 Å². The van der Waals surface area contributed by atoms with Crippen molar-refractivity contribution < 1.29 is 9.59 Å². The average molecular weight is 282 g/mol. The topological polar surface area (TPSA) is 64.7 Å². The summed E-state index contributed by atoms with van der Waals surface area (Å²) in [4.78, 5) is 27.7. The summed E-state index contributed by atoms with van der Waals surface area (Å²) in [6.45, 7) is 6.64. The van der Waals surface area contributed by atoms with Crippen molar-refractivity contribution in [2.24, 2.45) is 0 Å². The Morgan fingerprint density at radius 3 is 2.75 bits per heavy atom. The molecule has 0 aromatic heterocycles. The molecule has 0 aromatic rings. The van der Waals surface area contributed by atoms with Crippen LogP contribution in [0.4, 0.5) is 0 Å². The molecule has 0 atom stereocenters. The molecule has 0 bridgehead atoms. The zero-order valence-electron chi connectivity index (χ0n) is 12.2. The van der Waals surface area contributed by atoms with Gasteiger partial charge in [-0.3, -0.25) is 14.5 Å². The number of hydrogen-bond donors (Lipinski definition) is 2. The number of likely N-dealkylation sites (tertiary alicyclic amines) is 1. The van der Waals surface area contributed by atoms with Crippen LogP contribution in [-0.4, -0.2) is 74.0 Å². The van der Waals surface area contributed by atoms with Gasteiger partial charge in [-0.2, -0.15) is 0 Å². The largest absolute Gasteiger partial charge is 0.353 e. The molecule has 2 amide bonds. The van der Waals surface area contributed by atoms with Crippen LogP contribution in [0.2, 0.25) is 0 Å². The van der Waals surface area contributed by atoms with Crippen LogP contribution in [0.25, 0.3) is 0 Å². The molecule has 0 spiro atoms. The standard InChI is InChI=1S/C14H26N4O2/c19-13(12-18-8-3-1-2-4-14(18)20)16-7-11-17-9-5-15-6-10-17/h15H,1-12H2,(H,16,19). The number of carbonyl (C=O) groups excluding carboxylic acids is 2. The second kappa shape index (κ2) is 8.21. The normalized spacial score (nSPS) is 21.6. The molecule has 2 N–H and O–H groups in total. The molecule has 0 saturated carbocycles. The van der Waals surface area contributed by atoms with Gasteiger partial charge in [-0.25, -0.2) is 0 Å². The molecule has 114 valence electrons. The summed E-state index contributed by atoms with van der Waals surface area (Å²) in [5.74, 6) is 0.0927. The molecule has 0 aliphatic carbocycles. The van der Waals surface area contributed by atoms with Gasteiger partial charge in [-0.05, 0) is 12.8 Å². The van der Waals surface area contributed by atoms with E-state index in [9.17, 15) is 9.59 Å². The maximum atomic E-state index is 11.9. The van der Waals surface area contributed by atoms with Crippen molar-refractivity contribution in [1.29, 1.82) is 0 Å². The summed E-state index contributed by atoms with van der Waals surface area (Å²) in [5.41, 5.74) is 0. The van der Waals surface area contributed by atoms with Crippen LogP contribution < -0.4 is 10.6 Å². The summed E-state index contributed by atoms with van der Waals surface area (Å²) in [7, 11) is 0. The first-order valence-electron chi connectivity index (χ1n) is 7.73. The van der Waals surface area contributed by atoms with Crippen molar-refractivity contribution in [2.45, 2.75) is 25.7 Å². The summed E-state index contributed by atoms with van der Waals surface area (Å²) in [6, 6.07) is 0. The Balaban J connectivity index is 1.62. The van der Waals surface area contributed by atoms with E-state index in [4.69, 9.17) is 0 Å². The van der Waals surface area contributed by atoms with Gasteiger partial charge >= 0.3 is 0 Å². The van der Waals surface area contributed by atoms with E-state index in [-0.39, 0.29) is 18.4 Å². The first kappa shape index (κ1) is 15.3. The predicted octanol–water partition coefficient (Wildman–Crippen LogP) is -0.590. The Morgan fingerprint density at radius 2 is 1.95 bits per heavy atom. The fraction of sp³-hybridized carbons (Fsp3) is 0.857. The minimum absolute atomic E-state index is 0.0321. The van der Waals surface area contributed by atoms with Gasteiger partial charge < -0.3 is 15.5 Å². The molecule has 2 aliphatic heterocycles. The minimum Gasteiger partial charge on any atom is -0.353 e. The highest BCUT2D eigenvalue weighted by Crippen LogP contribution is 2.10. The van der Waals surface area contributed by atoms with Crippen LogP contribution in [0.15, 0.2) is 0 Å². The maximum Gasteiger partial charge on any atom is 0.239 e. The first-order valence-corrected chi connectivity index (χ1v) is 7.73. The molecule has 6 nitrogen and oxygen atoms in total. The Kier molecular flexibility index (Phi) is 6.26. The van der Waals surface area contributed by atoms with E-state index < -0.39 is 0 Å². The van der Waals surface area contributed by atoms with Crippen LogP contribution in [0.5, 0.6) is 0 Å². The fourth-order valence-corrected chi connectivity index (χ4v) is 2.72. The van der Waals surface area contributed by atoms with E-state index in [1.54, 1.807) is 4.90 Å². The fourth-order valence-electron chi connectivity index (χ4n) is 2.72. The van der Waals surface area contributed by atoms with Crippen molar-refractivity contribution in [3.05, 3.63) is 0 Å². The Morgan fingerprint density at radius 1 is 1.15 bits per heavy atom. The molecule has 2 fully saturated rings. The molecule has 20 heavy (non-hydrogen) atoms. The van der Waals surface area contributed by atoms with E-state index in [0.29, 0.717) is 13.0 Å². The molecule has 2 heterocycles. The molecule has 6 heteroatoms. The van der Waals surface area contributed by atoms with Gasteiger partial charge in [0.05, 0.1) is 6.54 Å². The van der Waals surface area contributed by atoms with E-state index >= 15 is 0 Å². The lowest BCUT2D eigenvalue weighted by Crippen LogP contribution is -2.47. The van der Waals surface area contributed by atoms with Crippen molar-refractivity contribution in [3.63, 3.8) is 0 Å². The van der Waals surface area contributed by atoms with Crippen LogP contribution >= 0.6 is 0 Å². The predicted molar refractivity (Wildman–Crippen MR) is 77.4 cm³/mol. The van der Waals surface area contributed by atoms with Gasteiger partial charge in [0.15, 0.2) is 0 Å². The third-order valence-corrected chi connectivity index (χ3v) is 3.97. The number of carbonyl (C=O) groups is 2. The Hall–Kier alpha value is -1.14. The lowest BCUT2D eigenvalue weighted by molar-refractivity contribution is -0.135. The SMILES string of the molecule is O=C(CN1CCCCCC1=O)NCCN1CCNCC1. The molecule has 0 radical (unpaired) electrons. The highest BCUT2D eigenvalue weighted by molar-refractivity contribution is 5.84. The third-order valence-electron chi connectivity index (χ3n) is 3.97. The smallest absolute Gasteiger partial charge is 0.239 e.